The number of amides is 2. The number of fused-ring (bicyclic) bond motifs is 1. The fourth-order valence-corrected chi connectivity index (χ4v) is 6.03. The fourth-order valence-electron chi connectivity index (χ4n) is 6.03. The lowest BCUT2D eigenvalue weighted by Crippen LogP contribution is -2.57. The zero-order valence-corrected chi connectivity index (χ0v) is 16.7. The molecule has 3 fully saturated rings. The molecule has 2 bridgehead atoms. The molecule has 152 valence electrons. The minimum Gasteiger partial charge on any atom is -0.337 e. The first-order valence-electron chi connectivity index (χ1n) is 10.3. The van der Waals surface area contributed by atoms with Gasteiger partial charge in [0.1, 0.15) is 11.5 Å². The quantitative estimate of drug-likeness (QED) is 0.847. The molecule has 1 aliphatic carbocycles. The normalized spacial score (nSPS) is 30.5. The molecule has 2 saturated heterocycles. The van der Waals surface area contributed by atoms with Gasteiger partial charge in [-0.1, -0.05) is 19.1 Å². The molecule has 0 unspecified atom stereocenters. The number of likely N-dealkylation sites (tertiary alicyclic amines) is 2. The van der Waals surface area contributed by atoms with Crippen molar-refractivity contribution >= 4 is 11.8 Å². The Morgan fingerprint density at radius 2 is 2.00 bits per heavy atom. The van der Waals surface area contributed by atoms with Crippen LogP contribution in [0.1, 0.15) is 50.0 Å². The smallest absolute Gasteiger partial charge is 0.272 e. The molecule has 2 amide bonds. The average molecular weight is 396 g/mol. The standard InChI is InChI=1S/C22H25FN4O2/c1-13(28)26-12-14-11-22(2)19(26)8-5-9-20(22)27(14)21(29)18-10-17(24-25-18)15-6-3-4-7-16(15)23/h3-4,6-7,10,14,19-20H,5,8-9,11-12H2,1-2H3,(H,24,25)/t14-,19+,20-,22+/m0/s1. The largest absolute Gasteiger partial charge is 0.337 e. The van der Waals surface area contributed by atoms with Gasteiger partial charge in [-0.3, -0.25) is 14.7 Å². The molecule has 1 aromatic heterocycles. The number of benzene rings is 1. The first-order chi connectivity index (χ1) is 13.9. The fraction of sp³-hybridized carbons (Fsp3) is 0.500. The van der Waals surface area contributed by atoms with E-state index in [0.717, 1.165) is 25.7 Å². The van der Waals surface area contributed by atoms with Gasteiger partial charge >= 0.3 is 0 Å². The number of aromatic amines is 1. The number of aromatic nitrogens is 2. The maximum absolute atomic E-state index is 14.1. The summed E-state index contributed by atoms with van der Waals surface area (Å²) >= 11 is 0. The number of halogens is 1. The van der Waals surface area contributed by atoms with Crippen LogP contribution in [0, 0.1) is 11.2 Å². The second-order valence-corrected chi connectivity index (χ2v) is 8.86. The van der Waals surface area contributed by atoms with Crippen molar-refractivity contribution in [1.29, 1.82) is 0 Å². The van der Waals surface area contributed by atoms with Crippen molar-refractivity contribution < 1.29 is 14.0 Å². The molecule has 5 rings (SSSR count). The first kappa shape index (κ1) is 18.3. The van der Waals surface area contributed by atoms with Crippen molar-refractivity contribution in [3.05, 3.63) is 41.8 Å². The topological polar surface area (TPSA) is 69.3 Å². The van der Waals surface area contributed by atoms with Gasteiger partial charge < -0.3 is 9.80 Å². The Hall–Kier alpha value is -2.70. The van der Waals surface area contributed by atoms with E-state index in [2.05, 4.69) is 17.1 Å². The van der Waals surface area contributed by atoms with Gasteiger partial charge in [-0.15, -0.1) is 0 Å². The van der Waals surface area contributed by atoms with Gasteiger partial charge in [-0.05, 0) is 43.9 Å². The second-order valence-electron chi connectivity index (χ2n) is 8.86. The van der Waals surface area contributed by atoms with Gasteiger partial charge in [0.15, 0.2) is 0 Å². The number of carbonyl (C=O) groups is 2. The molecule has 1 aromatic carbocycles. The van der Waals surface area contributed by atoms with E-state index >= 15 is 0 Å². The van der Waals surface area contributed by atoms with Crippen LogP contribution < -0.4 is 0 Å². The third-order valence-electron chi connectivity index (χ3n) is 7.26. The number of nitrogens with zero attached hydrogens (tertiary/aromatic N) is 3. The zero-order valence-electron chi connectivity index (χ0n) is 16.7. The van der Waals surface area contributed by atoms with Crippen LogP contribution in [0.3, 0.4) is 0 Å². The van der Waals surface area contributed by atoms with Crippen LogP contribution in [0.15, 0.2) is 30.3 Å². The summed E-state index contributed by atoms with van der Waals surface area (Å²) in [5.74, 6) is -0.385. The van der Waals surface area contributed by atoms with Crippen LogP contribution in [0.5, 0.6) is 0 Å². The van der Waals surface area contributed by atoms with Crippen LogP contribution in [0.2, 0.25) is 0 Å². The Morgan fingerprint density at radius 1 is 1.24 bits per heavy atom. The van der Waals surface area contributed by atoms with Crippen molar-refractivity contribution in [3.8, 4) is 11.3 Å². The van der Waals surface area contributed by atoms with Crippen molar-refractivity contribution in [2.45, 2.75) is 57.7 Å². The highest BCUT2D eigenvalue weighted by Gasteiger charge is 2.61. The lowest BCUT2D eigenvalue weighted by atomic mass is 9.66. The summed E-state index contributed by atoms with van der Waals surface area (Å²) in [5, 5.41) is 7.01. The summed E-state index contributed by atoms with van der Waals surface area (Å²) in [6.07, 6.45) is 3.89. The number of piperidine rings is 1. The lowest BCUT2D eigenvalue weighted by Gasteiger charge is -2.49. The SMILES string of the molecule is CC(=O)N1C[C@@H]2C[C@@]3(C)[C@H](CCC[C@@H]13)N2C(=O)c1cc(-c2ccccc2F)n[nH]1. The minimum atomic E-state index is -0.366. The van der Waals surface area contributed by atoms with E-state index in [-0.39, 0.29) is 41.2 Å². The third kappa shape index (κ3) is 2.63. The Balaban J connectivity index is 1.48. The van der Waals surface area contributed by atoms with Crippen molar-refractivity contribution in [3.63, 3.8) is 0 Å². The number of hydrogen-bond acceptors (Lipinski definition) is 3. The minimum absolute atomic E-state index is 0.0101. The van der Waals surface area contributed by atoms with Crippen molar-refractivity contribution in [2.75, 3.05) is 6.54 Å². The predicted octanol–water partition coefficient (Wildman–Crippen LogP) is 3.22. The number of carbonyl (C=O) groups excluding carboxylic acids is 2. The highest BCUT2D eigenvalue weighted by molar-refractivity contribution is 5.94. The number of rotatable bonds is 2. The van der Waals surface area contributed by atoms with Gasteiger partial charge in [0.2, 0.25) is 5.91 Å². The summed E-state index contributed by atoms with van der Waals surface area (Å²) in [6, 6.07) is 8.37. The monoisotopic (exact) mass is 396 g/mol. The van der Waals surface area contributed by atoms with Crippen LogP contribution in [0.4, 0.5) is 4.39 Å². The van der Waals surface area contributed by atoms with Crippen LogP contribution in [-0.4, -0.2) is 56.5 Å². The summed E-state index contributed by atoms with van der Waals surface area (Å²) in [5.41, 5.74) is 1.09. The molecular weight excluding hydrogens is 371 g/mol. The molecule has 29 heavy (non-hydrogen) atoms. The highest BCUT2D eigenvalue weighted by atomic mass is 19.1. The summed E-state index contributed by atoms with van der Waals surface area (Å²) in [7, 11) is 0. The van der Waals surface area contributed by atoms with Gasteiger partial charge in [-0.2, -0.15) is 5.10 Å². The maximum atomic E-state index is 14.1. The van der Waals surface area contributed by atoms with E-state index < -0.39 is 0 Å². The average Bonchev–Trinajstić information content (AvgIpc) is 3.28. The molecule has 3 heterocycles. The molecule has 6 nitrogen and oxygen atoms in total. The van der Waals surface area contributed by atoms with E-state index in [1.54, 1.807) is 31.2 Å². The van der Waals surface area contributed by atoms with Crippen molar-refractivity contribution in [1.82, 2.24) is 20.0 Å². The molecule has 1 N–H and O–H groups in total. The molecule has 0 radical (unpaired) electrons. The molecular formula is C22H25FN4O2. The second kappa shape index (κ2) is 6.40. The molecule has 1 saturated carbocycles. The van der Waals surface area contributed by atoms with Gasteiger partial charge in [0.25, 0.3) is 5.91 Å². The van der Waals surface area contributed by atoms with Gasteiger partial charge in [-0.25, -0.2) is 4.39 Å². The van der Waals surface area contributed by atoms with Crippen molar-refractivity contribution in [2.24, 2.45) is 5.41 Å². The van der Waals surface area contributed by atoms with Gasteiger partial charge in [0, 0.05) is 36.5 Å². The highest BCUT2D eigenvalue weighted by Crippen LogP contribution is 2.54. The zero-order chi connectivity index (χ0) is 20.3. The molecule has 3 aliphatic rings. The number of hydrogen-bond donors (Lipinski definition) is 1. The molecule has 0 spiro atoms. The van der Waals surface area contributed by atoms with E-state index in [1.165, 1.54) is 6.07 Å². The Labute approximate surface area is 169 Å². The van der Waals surface area contributed by atoms with Gasteiger partial charge in [0.05, 0.1) is 11.7 Å². The van der Waals surface area contributed by atoms with E-state index in [4.69, 9.17) is 0 Å². The van der Waals surface area contributed by atoms with E-state index in [9.17, 15) is 14.0 Å². The third-order valence-corrected chi connectivity index (χ3v) is 7.26. The molecule has 2 aliphatic heterocycles. The Kier molecular flexibility index (Phi) is 4.05. The summed E-state index contributed by atoms with van der Waals surface area (Å²) < 4.78 is 14.1. The molecule has 4 atom stereocenters. The first-order valence-corrected chi connectivity index (χ1v) is 10.3. The predicted molar refractivity (Wildman–Crippen MR) is 105 cm³/mol. The molecule has 2 aromatic rings. The Bertz CT molecular complexity index is 989. The molecule has 7 heteroatoms. The van der Waals surface area contributed by atoms with E-state index in [0.29, 0.717) is 23.5 Å². The summed E-state index contributed by atoms with van der Waals surface area (Å²) in [4.78, 5) is 29.7. The Morgan fingerprint density at radius 3 is 2.76 bits per heavy atom. The van der Waals surface area contributed by atoms with Crippen LogP contribution >= 0.6 is 0 Å². The number of nitrogens with one attached hydrogen (secondary N) is 1. The maximum Gasteiger partial charge on any atom is 0.272 e. The van der Waals surface area contributed by atoms with Crippen LogP contribution in [0.25, 0.3) is 11.3 Å². The van der Waals surface area contributed by atoms with E-state index in [1.807, 2.05) is 9.80 Å². The number of H-pyrrole nitrogens is 1. The lowest BCUT2D eigenvalue weighted by molar-refractivity contribution is -0.137. The van der Waals surface area contributed by atoms with Crippen LogP contribution in [-0.2, 0) is 4.79 Å². The summed E-state index contributed by atoms with van der Waals surface area (Å²) in [6.45, 7) is 4.44.